The van der Waals surface area contributed by atoms with Gasteiger partial charge in [-0.25, -0.2) is 4.79 Å². The van der Waals surface area contributed by atoms with Gasteiger partial charge in [-0.2, -0.15) is 0 Å². The Morgan fingerprint density at radius 1 is 1.30 bits per heavy atom. The first-order valence-corrected chi connectivity index (χ1v) is 10.8. The van der Waals surface area contributed by atoms with E-state index in [0.717, 1.165) is 37.1 Å². The van der Waals surface area contributed by atoms with Gasteiger partial charge in [-0.15, -0.1) is 21.5 Å². The summed E-state index contributed by atoms with van der Waals surface area (Å²) in [6.07, 6.45) is 3.78. The molecule has 7 nitrogen and oxygen atoms in total. The summed E-state index contributed by atoms with van der Waals surface area (Å²) in [6.45, 7) is 5.52. The van der Waals surface area contributed by atoms with E-state index in [-0.39, 0.29) is 23.7 Å². The number of esters is 1. The predicted molar refractivity (Wildman–Crippen MR) is 107 cm³/mol. The van der Waals surface area contributed by atoms with E-state index in [1.807, 2.05) is 32.4 Å². The molecule has 1 amide bonds. The molecule has 0 bridgehead atoms. The Bertz CT molecular complexity index is 857. The minimum atomic E-state index is -0.351. The average Bonchev–Trinajstić information content (AvgIpc) is 3.13. The van der Waals surface area contributed by atoms with Gasteiger partial charge in [-0.3, -0.25) is 4.79 Å². The number of rotatable bonds is 6. The number of carbonyl (C=O) groups excluding carboxylic acids is 2. The van der Waals surface area contributed by atoms with Gasteiger partial charge in [0.2, 0.25) is 5.91 Å². The summed E-state index contributed by atoms with van der Waals surface area (Å²) in [4.78, 5) is 26.3. The van der Waals surface area contributed by atoms with Gasteiger partial charge in [0.15, 0.2) is 5.16 Å². The first-order chi connectivity index (χ1) is 12.9. The molecular weight excluding hydrogens is 384 g/mol. The van der Waals surface area contributed by atoms with Gasteiger partial charge in [0, 0.05) is 11.9 Å². The molecule has 3 rings (SSSR count). The van der Waals surface area contributed by atoms with Crippen molar-refractivity contribution in [3.05, 3.63) is 21.8 Å². The summed E-state index contributed by atoms with van der Waals surface area (Å²) >= 11 is 2.82. The van der Waals surface area contributed by atoms with Gasteiger partial charge in [0.05, 0.1) is 17.4 Å². The van der Waals surface area contributed by atoms with E-state index in [4.69, 9.17) is 4.74 Å². The lowest BCUT2D eigenvalue weighted by molar-refractivity contribution is -0.113. The fourth-order valence-corrected chi connectivity index (χ4v) is 5.00. The monoisotopic (exact) mass is 408 g/mol. The highest BCUT2D eigenvalue weighted by atomic mass is 32.2. The molecule has 0 radical (unpaired) electrons. The topological polar surface area (TPSA) is 86.1 Å². The van der Waals surface area contributed by atoms with Crippen LogP contribution in [0.4, 0.5) is 5.00 Å². The third-order valence-corrected chi connectivity index (χ3v) is 6.58. The maximum Gasteiger partial charge on any atom is 0.341 e. The average molecular weight is 409 g/mol. The van der Waals surface area contributed by atoms with E-state index in [0.29, 0.717) is 15.7 Å². The molecule has 0 aliphatic heterocycles. The van der Waals surface area contributed by atoms with Crippen molar-refractivity contribution in [2.24, 2.45) is 7.05 Å². The normalized spacial score (nSPS) is 13.5. The minimum absolute atomic E-state index is 0.169. The number of thioether (sulfide) groups is 1. The molecule has 0 saturated carbocycles. The summed E-state index contributed by atoms with van der Waals surface area (Å²) in [5.41, 5.74) is 1.58. The first kappa shape index (κ1) is 19.9. The number of aryl methyl sites for hydroxylation is 2. The predicted octanol–water partition coefficient (Wildman–Crippen LogP) is 3.36. The van der Waals surface area contributed by atoms with Gasteiger partial charge < -0.3 is 14.6 Å². The minimum Gasteiger partial charge on any atom is -0.459 e. The SMILES string of the molecule is Cc1nnc(SCC(=O)Nc2sc3c(c2C(=O)OC(C)C)CCCC3)n1C. The van der Waals surface area contributed by atoms with Crippen molar-refractivity contribution in [3.8, 4) is 0 Å². The van der Waals surface area contributed by atoms with Crippen molar-refractivity contribution < 1.29 is 14.3 Å². The van der Waals surface area contributed by atoms with Crippen LogP contribution >= 0.6 is 23.1 Å². The lowest BCUT2D eigenvalue weighted by Gasteiger charge is -2.14. The van der Waals surface area contributed by atoms with Crippen molar-refractivity contribution in [3.63, 3.8) is 0 Å². The zero-order valence-electron chi connectivity index (χ0n) is 16.0. The van der Waals surface area contributed by atoms with Gasteiger partial charge in [0.1, 0.15) is 10.8 Å². The molecule has 1 aliphatic rings. The second-order valence-electron chi connectivity index (χ2n) is 6.79. The van der Waals surface area contributed by atoms with Crippen LogP contribution in [0.15, 0.2) is 5.16 Å². The fourth-order valence-electron chi connectivity index (χ4n) is 2.95. The number of hydrogen-bond acceptors (Lipinski definition) is 7. The van der Waals surface area contributed by atoms with Gasteiger partial charge >= 0.3 is 5.97 Å². The summed E-state index contributed by atoms with van der Waals surface area (Å²) in [5, 5.41) is 12.2. The Balaban J connectivity index is 1.75. The lowest BCUT2D eigenvalue weighted by atomic mass is 9.95. The zero-order valence-corrected chi connectivity index (χ0v) is 17.6. The third kappa shape index (κ3) is 4.52. The smallest absolute Gasteiger partial charge is 0.341 e. The van der Waals surface area contributed by atoms with E-state index in [9.17, 15) is 9.59 Å². The van der Waals surface area contributed by atoms with Crippen LogP contribution in [-0.4, -0.2) is 38.5 Å². The van der Waals surface area contributed by atoms with E-state index >= 15 is 0 Å². The largest absolute Gasteiger partial charge is 0.459 e. The van der Waals surface area contributed by atoms with Crippen LogP contribution in [0.2, 0.25) is 0 Å². The van der Waals surface area contributed by atoms with E-state index in [1.165, 1.54) is 28.0 Å². The third-order valence-electron chi connectivity index (χ3n) is 4.36. The van der Waals surface area contributed by atoms with Crippen LogP contribution in [0.1, 0.15) is 53.3 Å². The standard InChI is InChI=1S/C18H24N4O3S2/c1-10(2)25-17(24)15-12-7-5-6-8-13(12)27-16(15)19-14(23)9-26-18-21-20-11(3)22(18)4/h10H,5-9H2,1-4H3,(H,19,23). The lowest BCUT2D eigenvalue weighted by Crippen LogP contribution is -2.19. The van der Waals surface area contributed by atoms with Crippen molar-refractivity contribution in [2.75, 3.05) is 11.1 Å². The molecule has 0 unspecified atom stereocenters. The Morgan fingerprint density at radius 3 is 2.70 bits per heavy atom. The maximum absolute atomic E-state index is 12.6. The van der Waals surface area contributed by atoms with Crippen LogP contribution in [0.3, 0.4) is 0 Å². The first-order valence-electron chi connectivity index (χ1n) is 9.01. The summed E-state index contributed by atoms with van der Waals surface area (Å²) < 4.78 is 7.26. The molecule has 9 heteroatoms. The number of nitrogens with one attached hydrogen (secondary N) is 1. The van der Waals surface area contributed by atoms with Gasteiger partial charge in [0.25, 0.3) is 0 Å². The summed E-state index contributed by atoms with van der Waals surface area (Å²) in [5.74, 6) is 0.476. The fraction of sp³-hybridized carbons (Fsp3) is 0.556. The number of carbonyl (C=O) groups is 2. The van der Waals surface area contributed by atoms with Crippen molar-refractivity contribution in [1.29, 1.82) is 0 Å². The molecule has 1 N–H and O–H groups in total. The number of nitrogens with zero attached hydrogens (tertiary/aromatic N) is 3. The Hall–Kier alpha value is -1.87. The van der Waals surface area contributed by atoms with Gasteiger partial charge in [-0.05, 0) is 52.0 Å². The van der Waals surface area contributed by atoms with Crippen LogP contribution in [0.5, 0.6) is 0 Å². The molecule has 0 spiro atoms. The molecule has 0 aromatic carbocycles. The molecule has 2 heterocycles. The second kappa shape index (κ2) is 8.43. The maximum atomic E-state index is 12.6. The van der Waals surface area contributed by atoms with Gasteiger partial charge in [-0.1, -0.05) is 11.8 Å². The zero-order chi connectivity index (χ0) is 19.6. The number of amides is 1. The number of aromatic nitrogens is 3. The van der Waals surface area contributed by atoms with Crippen molar-refractivity contribution in [2.45, 2.75) is 57.7 Å². The molecule has 1 aliphatic carbocycles. The van der Waals surface area contributed by atoms with Crippen LogP contribution in [-0.2, 0) is 29.4 Å². The quantitative estimate of drug-likeness (QED) is 0.583. The molecule has 27 heavy (non-hydrogen) atoms. The molecular formula is C18H24N4O3S2. The van der Waals surface area contributed by atoms with E-state index in [1.54, 1.807) is 0 Å². The Labute approximate surface area is 166 Å². The second-order valence-corrected chi connectivity index (χ2v) is 8.84. The molecule has 0 atom stereocenters. The number of fused-ring (bicyclic) bond motifs is 1. The van der Waals surface area contributed by atoms with Crippen LogP contribution < -0.4 is 5.32 Å². The summed E-state index contributed by atoms with van der Waals surface area (Å²) in [7, 11) is 1.86. The Morgan fingerprint density at radius 2 is 2.04 bits per heavy atom. The van der Waals surface area contributed by atoms with E-state index < -0.39 is 0 Å². The number of anilines is 1. The molecule has 0 saturated heterocycles. The molecule has 2 aromatic heterocycles. The highest BCUT2D eigenvalue weighted by Gasteiger charge is 2.28. The molecule has 2 aromatic rings. The number of thiophene rings is 1. The highest BCUT2D eigenvalue weighted by Crippen LogP contribution is 2.38. The number of hydrogen-bond donors (Lipinski definition) is 1. The van der Waals surface area contributed by atoms with E-state index in [2.05, 4.69) is 15.5 Å². The van der Waals surface area contributed by atoms with Crippen molar-refractivity contribution >= 4 is 40.0 Å². The molecule has 146 valence electrons. The van der Waals surface area contributed by atoms with Crippen LogP contribution in [0.25, 0.3) is 0 Å². The number of ether oxygens (including phenoxy) is 1. The highest BCUT2D eigenvalue weighted by molar-refractivity contribution is 7.99. The Kier molecular flexibility index (Phi) is 6.21. The summed E-state index contributed by atoms with van der Waals surface area (Å²) in [6, 6.07) is 0. The molecule has 0 fully saturated rings. The van der Waals surface area contributed by atoms with Crippen LogP contribution in [0, 0.1) is 6.92 Å². The van der Waals surface area contributed by atoms with Crippen molar-refractivity contribution in [1.82, 2.24) is 14.8 Å².